The molecule has 0 amide bonds. The lowest BCUT2D eigenvalue weighted by Gasteiger charge is -2.12. The van der Waals surface area contributed by atoms with Crippen molar-refractivity contribution in [1.82, 2.24) is 19.1 Å². The number of nitrogens with zero attached hydrogens (tertiary/aromatic N) is 4. The monoisotopic (exact) mass is 1020 g/mol. The van der Waals surface area contributed by atoms with Gasteiger partial charge in [-0.3, -0.25) is 0 Å². The summed E-state index contributed by atoms with van der Waals surface area (Å²) in [4.78, 5) is 10.5. The summed E-state index contributed by atoms with van der Waals surface area (Å²) in [6, 6.07) is 109. The van der Waals surface area contributed by atoms with Crippen LogP contribution in [0, 0.1) is 0 Å². The standard InChI is InChI=1S/C76H50N4/c1-2-12-51(13-3-1)52-34-40-63(41-35-52)76-77-70(61-36-30-57(31-37-61)53-22-26-55(27-23-53)59-42-46-64(47-43-59)79-72-18-8-4-14-66(72)67-15-5-9-19-73(67)79)50-71(78-76)62-38-32-58(33-39-62)54-24-28-56(29-25-54)60-44-48-65(49-45-60)80-74-20-10-6-16-68(74)69-17-7-11-21-75(69)80/h1-50H. The fourth-order valence-corrected chi connectivity index (χ4v) is 11.7. The highest BCUT2D eigenvalue weighted by molar-refractivity contribution is 6.10. The summed E-state index contributed by atoms with van der Waals surface area (Å²) in [6.45, 7) is 0. The molecule has 3 heterocycles. The van der Waals surface area contributed by atoms with Gasteiger partial charge in [0.1, 0.15) is 0 Å². The number of rotatable bonds is 10. The molecule has 80 heavy (non-hydrogen) atoms. The van der Waals surface area contributed by atoms with Crippen LogP contribution in [-0.4, -0.2) is 19.1 Å². The predicted molar refractivity (Wildman–Crippen MR) is 334 cm³/mol. The zero-order valence-electron chi connectivity index (χ0n) is 43.7. The molecule has 0 aliphatic carbocycles. The van der Waals surface area contributed by atoms with Gasteiger partial charge in [0, 0.05) is 49.6 Å². The number of para-hydroxylation sites is 4. The largest absolute Gasteiger partial charge is 0.309 e. The van der Waals surface area contributed by atoms with Crippen molar-refractivity contribution in [3.05, 3.63) is 303 Å². The lowest BCUT2D eigenvalue weighted by atomic mass is 9.98. The van der Waals surface area contributed by atoms with Gasteiger partial charge in [-0.15, -0.1) is 0 Å². The minimum Gasteiger partial charge on any atom is -0.309 e. The zero-order valence-corrected chi connectivity index (χ0v) is 43.7. The van der Waals surface area contributed by atoms with Crippen LogP contribution in [0.1, 0.15) is 0 Å². The van der Waals surface area contributed by atoms with Gasteiger partial charge in [-0.25, -0.2) is 9.97 Å². The van der Waals surface area contributed by atoms with Gasteiger partial charge in [-0.05, 0) is 110 Å². The molecular formula is C76H50N4. The summed E-state index contributed by atoms with van der Waals surface area (Å²) < 4.78 is 4.72. The van der Waals surface area contributed by atoms with E-state index in [0.29, 0.717) is 5.82 Å². The fourth-order valence-electron chi connectivity index (χ4n) is 11.7. The third-order valence-electron chi connectivity index (χ3n) is 15.9. The van der Waals surface area contributed by atoms with E-state index in [1.54, 1.807) is 0 Å². The number of hydrogen-bond donors (Lipinski definition) is 0. The predicted octanol–water partition coefficient (Wildman–Crippen LogP) is 20.0. The minimum atomic E-state index is 0.683. The van der Waals surface area contributed by atoms with E-state index in [2.05, 4.69) is 306 Å². The maximum atomic E-state index is 5.23. The van der Waals surface area contributed by atoms with Crippen LogP contribution < -0.4 is 0 Å². The average molecular weight is 1020 g/mol. The Balaban J connectivity index is 0.690. The molecule has 0 saturated heterocycles. The van der Waals surface area contributed by atoms with E-state index in [4.69, 9.17) is 9.97 Å². The van der Waals surface area contributed by atoms with Crippen molar-refractivity contribution in [2.24, 2.45) is 0 Å². The van der Waals surface area contributed by atoms with E-state index in [9.17, 15) is 0 Å². The molecule has 0 aliphatic heterocycles. The second-order valence-corrected chi connectivity index (χ2v) is 20.5. The second-order valence-electron chi connectivity index (χ2n) is 20.5. The highest BCUT2D eigenvalue weighted by Crippen LogP contribution is 2.37. The van der Waals surface area contributed by atoms with Gasteiger partial charge in [0.05, 0.1) is 33.5 Å². The number of hydrogen-bond acceptors (Lipinski definition) is 2. The Labute approximate surface area is 464 Å². The van der Waals surface area contributed by atoms with Crippen LogP contribution in [0.25, 0.3) is 145 Å². The molecule has 0 aliphatic rings. The lowest BCUT2D eigenvalue weighted by molar-refractivity contribution is 1.18. The van der Waals surface area contributed by atoms with E-state index >= 15 is 0 Å². The first-order valence-electron chi connectivity index (χ1n) is 27.3. The fraction of sp³-hybridized carbons (Fsp3) is 0. The Bertz CT molecular complexity index is 4360. The van der Waals surface area contributed by atoms with Crippen molar-refractivity contribution in [1.29, 1.82) is 0 Å². The minimum absolute atomic E-state index is 0.683. The zero-order chi connectivity index (χ0) is 52.9. The smallest absolute Gasteiger partial charge is 0.160 e. The highest BCUT2D eigenvalue weighted by Gasteiger charge is 2.16. The second kappa shape index (κ2) is 19.7. The summed E-state index contributed by atoms with van der Waals surface area (Å²) in [5.41, 5.74) is 23.5. The Morgan fingerprint density at radius 2 is 0.412 bits per heavy atom. The third-order valence-corrected chi connectivity index (χ3v) is 15.9. The Hall–Kier alpha value is -10.7. The van der Waals surface area contributed by atoms with E-state index in [1.165, 1.54) is 71.4 Å². The molecule has 12 aromatic carbocycles. The number of aromatic nitrogens is 4. The van der Waals surface area contributed by atoms with Crippen LogP contribution in [0.2, 0.25) is 0 Å². The summed E-state index contributed by atoms with van der Waals surface area (Å²) >= 11 is 0. The molecule has 0 N–H and O–H groups in total. The molecule has 0 spiro atoms. The van der Waals surface area contributed by atoms with Crippen LogP contribution in [0.4, 0.5) is 0 Å². The van der Waals surface area contributed by atoms with Crippen LogP contribution in [-0.2, 0) is 0 Å². The topological polar surface area (TPSA) is 35.6 Å². The van der Waals surface area contributed by atoms with E-state index in [-0.39, 0.29) is 0 Å². The van der Waals surface area contributed by atoms with Gasteiger partial charge in [-0.2, -0.15) is 0 Å². The van der Waals surface area contributed by atoms with Crippen LogP contribution in [0.15, 0.2) is 303 Å². The van der Waals surface area contributed by atoms with E-state index in [1.807, 2.05) is 6.07 Å². The van der Waals surface area contributed by atoms with Crippen LogP contribution in [0.3, 0.4) is 0 Å². The Morgan fingerprint density at radius 3 is 0.713 bits per heavy atom. The molecule has 4 heteroatoms. The van der Waals surface area contributed by atoms with Crippen molar-refractivity contribution in [3.63, 3.8) is 0 Å². The molecule has 3 aromatic heterocycles. The van der Waals surface area contributed by atoms with Crippen molar-refractivity contribution in [2.75, 3.05) is 0 Å². The summed E-state index contributed by atoms with van der Waals surface area (Å²) in [7, 11) is 0. The first-order valence-corrected chi connectivity index (χ1v) is 27.3. The van der Waals surface area contributed by atoms with Crippen LogP contribution in [0.5, 0.6) is 0 Å². The van der Waals surface area contributed by atoms with Crippen molar-refractivity contribution in [2.45, 2.75) is 0 Å². The first-order chi connectivity index (χ1) is 39.6. The van der Waals surface area contributed by atoms with Gasteiger partial charge in [0.15, 0.2) is 5.82 Å². The molecule has 0 fully saturated rings. The normalized spacial score (nSPS) is 11.5. The van der Waals surface area contributed by atoms with Gasteiger partial charge in [0.2, 0.25) is 0 Å². The van der Waals surface area contributed by atoms with E-state index in [0.717, 1.165) is 67.3 Å². The van der Waals surface area contributed by atoms with Crippen molar-refractivity contribution in [3.8, 4) is 101 Å². The molecule has 4 nitrogen and oxygen atoms in total. The maximum Gasteiger partial charge on any atom is 0.160 e. The summed E-state index contributed by atoms with van der Waals surface area (Å²) in [5.74, 6) is 0.683. The number of fused-ring (bicyclic) bond motifs is 6. The molecule has 0 radical (unpaired) electrons. The van der Waals surface area contributed by atoms with Crippen molar-refractivity contribution >= 4 is 43.6 Å². The molecule has 0 unspecified atom stereocenters. The lowest BCUT2D eigenvalue weighted by Crippen LogP contribution is -1.96. The Kier molecular flexibility index (Phi) is 11.5. The van der Waals surface area contributed by atoms with Gasteiger partial charge in [0.25, 0.3) is 0 Å². The SMILES string of the molecule is c1ccc(-c2ccc(-c3nc(-c4ccc(-c5ccc(-c6ccc(-n7c8ccccc8c8ccccc87)cc6)cc5)cc4)cc(-c4ccc(-c5ccc(-c6ccc(-n7c8ccccc8c8ccccc87)cc6)cc5)cc4)n3)cc2)cc1. The molecule has 15 aromatic rings. The van der Waals surface area contributed by atoms with E-state index < -0.39 is 0 Å². The summed E-state index contributed by atoms with van der Waals surface area (Å²) in [6.07, 6.45) is 0. The summed E-state index contributed by atoms with van der Waals surface area (Å²) in [5, 5.41) is 5.07. The molecule has 0 bridgehead atoms. The van der Waals surface area contributed by atoms with Crippen LogP contribution >= 0.6 is 0 Å². The first kappa shape index (κ1) is 46.6. The maximum absolute atomic E-state index is 5.23. The Morgan fingerprint density at radius 1 is 0.188 bits per heavy atom. The average Bonchev–Trinajstić information content (AvgIpc) is 4.12. The van der Waals surface area contributed by atoms with Gasteiger partial charge in [-0.1, -0.05) is 249 Å². The molecule has 0 atom stereocenters. The molecular weight excluding hydrogens is 969 g/mol. The third kappa shape index (κ3) is 8.44. The highest BCUT2D eigenvalue weighted by atomic mass is 15.0. The molecule has 374 valence electrons. The van der Waals surface area contributed by atoms with Gasteiger partial charge < -0.3 is 9.13 Å². The quantitative estimate of drug-likeness (QED) is 0.137. The number of benzene rings is 12. The molecule has 15 rings (SSSR count). The van der Waals surface area contributed by atoms with Crippen molar-refractivity contribution < 1.29 is 0 Å². The molecule has 0 saturated carbocycles. The van der Waals surface area contributed by atoms with Gasteiger partial charge >= 0.3 is 0 Å².